The van der Waals surface area contributed by atoms with E-state index in [1.807, 2.05) is 0 Å². The van der Waals surface area contributed by atoms with Gasteiger partial charge in [-0.2, -0.15) is 0 Å². The summed E-state index contributed by atoms with van der Waals surface area (Å²) < 4.78 is 3.52. The number of imidazole rings is 2. The number of amides is 2. The number of nitrogens with one attached hydrogen (secondary N) is 2. The molecule has 0 saturated carbocycles. The van der Waals surface area contributed by atoms with Gasteiger partial charge in [-0.25, -0.2) is 19.9 Å². The zero-order valence-electron chi connectivity index (χ0n) is 17.0. The molecule has 2 N–H and O–H groups in total. The molecule has 0 radical (unpaired) electrons. The van der Waals surface area contributed by atoms with Crippen LogP contribution < -0.4 is 10.6 Å². The smallest absolute Gasteiger partial charge is 0.265 e. The molecule has 0 aliphatic heterocycles. The lowest BCUT2D eigenvalue weighted by Crippen LogP contribution is -2.11. The fourth-order valence-corrected chi connectivity index (χ4v) is 3.78. The first kappa shape index (κ1) is 20.3. The van der Waals surface area contributed by atoms with Crippen LogP contribution >= 0.6 is 11.3 Å². The molecule has 11 heteroatoms. The zero-order chi connectivity index (χ0) is 22.6. The number of thiophene rings is 1. The Kier molecular flexibility index (Phi) is 5.43. The normalized spacial score (nSPS) is 10.7. The fraction of sp³-hybridized carbons (Fsp3) is 0. The molecular weight excluding hydrogens is 440 g/mol. The Balaban J connectivity index is 1.21. The van der Waals surface area contributed by atoms with E-state index in [1.54, 1.807) is 95.4 Å². The van der Waals surface area contributed by atoms with Crippen molar-refractivity contribution < 1.29 is 9.59 Å². The van der Waals surface area contributed by atoms with Crippen LogP contribution in [0, 0.1) is 0 Å². The summed E-state index contributed by atoms with van der Waals surface area (Å²) in [6, 6.07) is 10.3. The van der Waals surface area contributed by atoms with Crippen molar-refractivity contribution in [2.75, 3.05) is 10.6 Å². The van der Waals surface area contributed by atoms with Gasteiger partial charge in [0.05, 0.1) is 33.5 Å². The predicted molar refractivity (Wildman–Crippen MR) is 123 cm³/mol. The maximum Gasteiger partial charge on any atom is 0.265 e. The van der Waals surface area contributed by atoms with Crippen LogP contribution in [0.5, 0.6) is 0 Å². The molecule has 0 spiro atoms. The molecule has 5 heterocycles. The Labute approximate surface area is 191 Å². The highest BCUT2D eigenvalue weighted by Gasteiger charge is 2.15. The van der Waals surface area contributed by atoms with Crippen LogP contribution in [0.3, 0.4) is 0 Å². The first-order valence-corrected chi connectivity index (χ1v) is 10.6. The van der Waals surface area contributed by atoms with Gasteiger partial charge < -0.3 is 10.6 Å². The summed E-state index contributed by atoms with van der Waals surface area (Å²) in [5, 5.41) is 5.57. The highest BCUT2D eigenvalue weighted by molar-refractivity contribution is 7.16. The van der Waals surface area contributed by atoms with Crippen LogP contribution in [0.2, 0.25) is 0 Å². The number of pyridine rings is 2. The number of carbonyl (C=O) groups excluding carboxylic acids is 2. The summed E-state index contributed by atoms with van der Waals surface area (Å²) in [4.78, 5) is 42.6. The number of hydrogen-bond acceptors (Lipinski definition) is 7. The van der Waals surface area contributed by atoms with E-state index in [0.29, 0.717) is 32.8 Å². The monoisotopic (exact) mass is 456 g/mol. The lowest BCUT2D eigenvalue weighted by atomic mass is 10.3. The average molecular weight is 456 g/mol. The second-order valence-corrected chi connectivity index (χ2v) is 7.91. The fourth-order valence-electron chi connectivity index (χ4n) is 2.98. The molecule has 0 atom stereocenters. The third-order valence-corrected chi connectivity index (χ3v) is 5.69. The quantitative estimate of drug-likeness (QED) is 0.404. The maximum atomic E-state index is 12.6. The molecule has 0 unspecified atom stereocenters. The molecule has 10 nitrogen and oxygen atoms in total. The van der Waals surface area contributed by atoms with Crippen molar-refractivity contribution in [3.8, 4) is 11.6 Å². The Morgan fingerprint density at radius 3 is 1.55 bits per heavy atom. The largest absolute Gasteiger partial charge is 0.320 e. The molecule has 0 aliphatic rings. The summed E-state index contributed by atoms with van der Waals surface area (Å²) in [5.41, 5.74) is 1.10. The molecule has 0 fully saturated rings. The SMILES string of the molecule is O=C(Nc1ccc(-n2ccnc2)nc1)c1ccc(C(=O)Nc2ccc(-n3ccnc3)nc2)s1. The number of anilines is 2. The Morgan fingerprint density at radius 1 is 0.697 bits per heavy atom. The minimum absolute atomic E-state index is 0.317. The third kappa shape index (κ3) is 4.52. The van der Waals surface area contributed by atoms with Crippen molar-refractivity contribution in [2.45, 2.75) is 0 Å². The summed E-state index contributed by atoms with van der Waals surface area (Å²) in [5.74, 6) is 0.742. The van der Waals surface area contributed by atoms with Gasteiger partial charge in [0.15, 0.2) is 0 Å². The van der Waals surface area contributed by atoms with E-state index >= 15 is 0 Å². The Morgan fingerprint density at radius 2 is 1.18 bits per heavy atom. The minimum atomic E-state index is -0.317. The third-order valence-electron chi connectivity index (χ3n) is 4.60. The average Bonchev–Trinajstić information content (AvgIpc) is 3.63. The standard InChI is InChI=1S/C22H16N8O2S/c31-21(27-15-1-5-19(25-11-15)29-9-7-23-13-29)17-3-4-18(33-17)22(32)28-16-2-6-20(26-12-16)30-10-8-24-14-30/h1-14H,(H,27,31)(H,28,32). The molecule has 33 heavy (non-hydrogen) atoms. The van der Waals surface area contributed by atoms with Gasteiger partial charge in [0.1, 0.15) is 24.3 Å². The van der Waals surface area contributed by atoms with E-state index in [4.69, 9.17) is 0 Å². The molecule has 0 aliphatic carbocycles. The number of rotatable bonds is 6. The van der Waals surface area contributed by atoms with Crippen LogP contribution in [0.1, 0.15) is 19.3 Å². The van der Waals surface area contributed by atoms with Crippen molar-refractivity contribution in [2.24, 2.45) is 0 Å². The topological polar surface area (TPSA) is 120 Å². The Hall–Kier alpha value is -4.64. The van der Waals surface area contributed by atoms with Crippen molar-refractivity contribution in [1.82, 2.24) is 29.1 Å². The van der Waals surface area contributed by atoms with Crippen LogP contribution in [0.4, 0.5) is 11.4 Å². The maximum absolute atomic E-state index is 12.6. The predicted octanol–water partition coefficient (Wildman–Crippen LogP) is 3.41. The van der Waals surface area contributed by atoms with Crippen molar-refractivity contribution in [3.05, 3.63) is 96.0 Å². The van der Waals surface area contributed by atoms with Gasteiger partial charge in [0, 0.05) is 24.8 Å². The lowest BCUT2D eigenvalue weighted by Gasteiger charge is -2.06. The summed E-state index contributed by atoms with van der Waals surface area (Å²) in [6.45, 7) is 0. The van der Waals surface area contributed by atoms with Crippen molar-refractivity contribution in [1.29, 1.82) is 0 Å². The van der Waals surface area contributed by atoms with E-state index in [2.05, 4.69) is 30.6 Å². The van der Waals surface area contributed by atoms with E-state index in [-0.39, 0.29) is 11.8 Å². The molecule has 5 rings (SSSR count). The first-order valence-electron chi connectivity index (χ1n) is 9.77. The van der Waals surface area contributed by atoms with Crippen LogP contribution in [0.25, 0.3) is 11.6 Å². The summed E-state index contributed by atoms with van der Waals surface area (Å²) in [6.07, 6.45) is 13.3. The molecule has 2 amide bonds. The lowest BCUT2D eigenvalue weighted by molar-refractivity contribution is 0.102. The first-order chi connectivity index (χ1) is 16.2. The van der Waals surface area contributed by atoms with Gasteiger partial charge in [-0.3, -0.25) is 18.7 Å². The van der Waals surface area contributed by atoms with E-state index < -0.39 is 0 Å². The van der Waals surface area contributed by atoms with Crippen LogP contribution in [-0.4, -0.2) is 40.9 Å². The second kappa shape index (κ2) is 8.85. The highest BCUT2D eigenvalue weighted by Crippen LogP contribution is 2.20. The number of aromatic nitrogens is 6. The molecule has 162 valence electrons. The van der Waals surface area contributed by atoms with Gasteiger partial charge in [0.2, 0.25) is 0 Å². The van der Waals surface area contributed by atoms with E-state index in [1.165, 1.54) is 0 Å². The van der Waals surface area contributed by atoms with E-state index in [0.717, 1.165) is 11.3 Å². The summed E-state index contributed by atoms with van der Waals surface area (Å²) >= 11 is 1.10. The highest BCUT2D eigenvalue weighted by atomic mass is 32.1. The van der Waals surface area contributed by atoms with Crippen LogP contribution in [0.15, 0.2) is 86.2 Å². The second-order valence-electron chi connectivity index (χ2n) is 6.82. The molecule has 0 saturated heterocycles. The molecule has 5 aromatic heterocycles. The Bertz CT molecular complexity index is 1270. The van der Waals surface area contributed by atoms with Gasteiger partial charge in [-0.1, -0.05) is 0 Å². The molecule has 5 aromatic rings. The number of nitrogens with zero attached hydrogens (tertiary/aromatic N) is 6. The van der Waals surface area contributed by atoms with Gasteiger partial charge >= 0.3 is 0 Å². The van der Waals surface area contributed by atoms with Crippen molar-refractivity contribution >= 4 is 34.5 Å². The van der Waals surface area contributed by atoms with Gasteiger partial charge in [-0.05, 0) is 36.4 Å². The molecule has 0 aromatic carbocycles. The van der Waals surface area contributed by atoms with Gasteiger partial charge in [-0.15, -0.1) is 11.3 Å². The van der Waals surface area contributed by atoms with E-state index in [9.17, 15) is 9.59 Å². The van der Waals surface area contributed by atoms with Crippen LogP contribution in [-0.2, 0) is 0 Å². The zero-order valence-corrected chi connectivity index (χ0v) is 17.8. The summed E-state index contributed by atoms with van der Waals surface area (Å²) in [7, 11) is 0. The minimum Gasteiger partial charge on any atom is -0.320 e. The van der Waals surface area contributed by atoms with Gasteiger partial charge in [0.25, 0.3) is 11.8 Å². The number of hydrogen-bond donors (Lipinski definition) is 2. The molecule has 0 bridgehead atoms. The van der Waals surface area contributed by atoms with Crippen molar-refractivity contribution in [3.63, 3.8) is 0 Å². The number of carbonyl (C=O) groups is 2. The molecular formula is C22H16N8O2S.